The summed E-state index contributed by atoms with van der Waals surface area (Å²) >= 11 is 1.46. The van der Waals surface area contributed by atoms with Crippen molar-refractivity contribution >= 4 is 38.2 Å². The maximum absolute atomic E-state index is 13.1. The zero-order valence-corrected chi connectivity index (χ0v) is 16.4. The number of terminal acetylenes is 1. The zero-order chi connectivity index (χ0) is 19.7. The van der Waals surface area contributed by atoms with Crippen LogP contribution in [0.2, 0.25) is 0 Å². The predicted octanol–water partition coefficient (Wildman–Crippen LogP) is 4.55. The second kappa shape index (κ2) is 7.34. The first kappa shape index (κ1) is 18.0. The van der Waals surface area contributed by atoms with E-state index in [0.29, 0.717) is 22.7 Å². The van der Waals surface area contributed by atoms with E-state index in [4.69, 9.17) is 11.2 Å². The van der Waals surface area contributed by atoms with Gasteiger partial charge in [-0.1, -0.05) is 53.7 Å². The number of hydrogen-bond acceptors (Lipinski definition) is 3. The molecule has 4 aromatic rings. The fourth-order valence-corrected chi connectivity index (χ4v) is 4.44. The van der Waals surface area contributed by atoms with Crippen LogP contribution in [-0.4, -0.2) is 17.6 Å². The maximum atomic E-state index is 13.1. The topological polar surface area (TPSA) is 43.6 Å². The zero-order valence-electron chi connectivity index (χ0n) is 15.6. The highest BCUT2D eigenvalue weighted by molar-refractivity contribution is 7.16. The van der Waals surface area contributed by atoms with Gasteiger partial charge in [0.25, 0.3) is 5.91 Å². The summed E-state index contributed by atoms with van der Waals surface area (Å²) in [6.45, 7) is 2.38. The Morgan fingerprint density at radius 3 is 2.64 bits per heavy atom. The molecule has 4 rings (SSSR count). The average molecular weight is 386 g/mol. The Balaban J connectivity index is 1.92. The summed E-state index contributed by atoms with van der Waals surface area (Å²) in [5.74, 6) is 2.82. The number of aryl methyl sites for hydroxylation is 1. The Morgan fingerprint density at radius 2 is 1.93 bits per heavy atom. The molecule has 0 fully saturated rings. The molecule has 0 radical (unpaired) electrons. The number of ether oxygens (including phenoxy) is 1. The van der Waals surface area contributed by atoms with Crippen LogP contribution in [-0.2, 0) is 6.54 Å². The summed E-state index contributed by atoms with van der Waals surface area (Å²) < 4.78 is 8.42. The van der Waals surface area contributed by atoms with Crippen LogP contribution in [0.25, 0.3) is 21.0 Å². The number of thiazole rings is 1. The molecule has 0 saturated carbocycles. The molecule has 0 aliphatic heterocycles. The van der Waals surface area contributed by atoms with Gasteiger partial charge in [-0.2, -0.15) is 4.99 Å². The minimum atomic E-state index is -0.349. The molecule has 0 atom stereocenters. The normalized spacial score (nSPS) is 11.7. The fraction of sp³-hybridized carbons (Fsp3) is 0.130. The Labute approximate surface area is 166 Å². The molecule has 0 aliphatic rings. The number of para-hydroxylation sites is 1. The number of carbonyl (C=O) groups excluding carboxylic acids is 1. The fourth-order valence-electron chi connectivity index (χ4n) is 3.33. The second-order valence-electron chi connectivity index (χ2n) is 6.41. The molecule has 0 spiro atoms. The SMILES string of the molecule is C#CCn1c(=NC(=O)c2cc3ccccc3cc2OC)sc2cccc(C)c21. The van der Waals surface area contributed by atoms with Crippen molar-refractivity contribution in [1.82, 2.24) is 4.57 Å². The largest absolute Gasteiger partial charge is 0.496 e. The van der Waals surface area contributed by atoms with E-state index in [9.17, 15) is 4.79 Å². The van der Waals surface area contributed by atoms with Gasteiger partial charge in [0.2, 0.25) is 0 Å². The van der Waals surface area contributed by atoms with E-state index >= 15 is 0 Å². The van der Waals surface area contributed by atoms with Gasteiger partial charge in [0.1, 0.15) is 5.75 Å². The first-order chi connectivity index (χ1) is 13.6. The van der Waals surface area contributed by atoms with Crippen molar-refractivity contribution < 1.29 is 9.53 Å². The summed E-state index contributed by atoms with van der Waals surface area (Å²) in [5.41, 5.74) is 2.55. The molecule has 3 aromatic carbocycles. The third kappa shape index (κ3) is 3.08. The van der Waals surface area contributed by atoms with Crippen molar-refractivity contribution in [2.24, 2.45) is 4.99 Å². The quantitative estimate of drug-likeness (QED) is 0.485. The lowest BCUT2D eigenvalue weighted by Gasteiger charge is -2.08. The number of nitrogens with zero attached hydrogens (tertiary/aromatic N) is 2. The Hall–Kier alpha value is -3.36. The first-order valence-corrected chi connectivity index (χ1v) is 9.62. The van der Waals surface area contributed by atoms with Crippen LogP contribution in [0.5, 0.6) is 5.75 Å². The summed E-state index contributed by atoms with van der Waals surface area (Å²) in [5, 5.41) is 1.97. The van der Waals surface area contributed by atoms with Gasteiger partial charge < -0.3 is 9.30 Å². The van der Waals surface area contributed by atoms with E-state index in [0.717, 1.165) is 26.6 Å². The van der Waals surface area contributed by atoms with Gasteiger partial charge in [0.15, 0.2) is 4.80 Å². The van der Waals surface area contributed by atoms with E-state index in [2.05, 4.69) is 10.9 Å². The molecule has 0 N–H and O–H groups in total. The first-order valence-electron chi connectivity index (χ1n) is 8.80. The molecule has 4 nitrogen and oxygen atoms in total. The average Bonchev–Trinajstić information content (AvgIpc) is 3.05. The molecule has 0 saturated heterocycles. The highest BCUT2D eigenvalue weighted by Crippen LogP contribution is 2.27. The number of aromatic nitrogens is 1. The Kier molecular flexibility index (Phi) is 4.72. The van der Waals surface area contributed by atoms with Gasteiger partial charge in [-0.25, -0.2) is 0 Å². The van der Waals surface area contributed by atoms with Crippen LogP contribution in [0.4, 0.5) is 0 Å². The molecule has 5 heteroatoms. The van der Waals surface area contributed by atoms with Crippen molar-refractivity contribution in [3.8, 4) is 18.1 Å². The number of amides is 1. The van der Waals surface area contributed by atoms with E-state index in [1.165, 1.54) is 11.3 Å². The molecule has 0 unspecified atom stereocenters. The van der Waals surface area contributed by atoms with E-state index in [1.807, 2.05) is 66.1 Å². The third-order valence-electron chi connectivity index (χ3n) is 4.65. The Morgan fingerprint density at radius 1 is 1.18 bits per heavy atom. The summed E-state index contributed by atoms with van der Waals surface area (Å²) in [4.78, 5) is 18.0. The van der Waals surface area contributed by atoms with Crippen molar-refractivity contribution in [2.45, 2.75) is 13.5 Å². The lowest BCUT2D eigenvalue weighted by atomic mass is 10.1. The highest BCUT2D eigenvalue weighted by Gasteiger charge is 2.15. The number of rotatable bonds is 3. The number of carbonyl (C=O) groups is 1. The van der Waals surface area contributed by atoms with Gasteiger partial charge in [-0.15, -0.1) is 6.42 Å². The van der Waals surface area contributed by atoms with E-state index < -0.39 is 0 Å². The molecular formula is C23H18N2O2S. The van der Waals surface area contributed by atoms with Gasteiger partial charge >= 0.3 is 0 Å². The molecule has 0 aliphatic carbocycles. The smallest absolute Gasteiger partial charge is 0.283 e. The third-order valence-corrected chi connectivity index (χ3v) is 5.69. The van der Waals surface area contributed by atoms with E-state index in [1.54, 1.807) is 7.11 Å². The number of hydrogen-bond donors (Lipinski definition) is 0. The van der Waals surface area contributed by atoms with Crippen LogP contribution in [0.1, 0.15) is 15.9 Å². The monoisotopic (exact) mass is 386 g/mol. The molecule has 28 heavy (non-hydrogen) atoms. The molecule has 1 aromatic heterocycles. The molecule has 1 heterocycles. The van der Waals surface area contributed by atoms with Gasteiger partial charge in [-0.05, 0) is 41.5 Å². The predicted molar refractivity (Wildman–Crippen MR) is 114 cm³/mol. The van der Waals surface area contributed by atoms with Crippen LogP contribution in [0.3, 0.4) is 0 Å². The van der Waals surface area contributed by atoms with Crippen LogP contribution in [0.15, 0.2) is 59.6 Å². The molecule has 138 valence electrons. The van der Waals surface area contributed by atoms with Crippen LogP contribution >= 0.6 is 11.3 Å². The lowest BCUT2D eigenvalue weighted by Crippen LogP contribution is -2.17. The second-order valence-corrected chi connectivity index (χ2v) is 7.42. The van der Waals surface area contributed by atoms with Gasteiger partial charge in [0.05, 0.1) is 29.4 Å². The molecule has 0 bridgehead atoms. The highest BCUT2D eigenvalue weighted by atomic mass is 32.1. The standard InChI is InChI=1S/C23H18N2O2S/c1-4-12-25-21-15(2)8-7-11-20(21)28-23(25)24-22(26)18-13-16-9-5-6-10-17(16)14-19(18)27-3/h1,5-11,13-14H,12H2,2-3H3. The summed E-state index contributed by atoms with van der Waals surface area (Å²) in [6.07, 6.45) is 5.57. The minimum Gasteiger partial charge on any atom is -0.496 e. The lowest BCUT2D eigenvalue weighted by molar-refractivity contribution is 0.0995. The van der Waals surface area contributed by atoms with E-state index in [-0.39, 0.29) is 5.91 Å². The van der Waals surface area contributed by atoms with Crippen molar-refractivity contribution in [3.63, 3.8) is 0 Å². The number of fused-ring (bicyclic) bond motifs is 2. The molecular weight excluding hydrogens is 368 g/mol. The maximum Gasteiger partial charge on any atom is 0.283 e. The molecule has 1 amide bonds. The number of methoxy groups -OCH3 is 1. The number of benzene rings is 3. The van der Waals surface area contributed by atoms with Crippen LogP contribution in [0, 0.1) is 19.3 Å². The minimum absolute atomic E-state index is 0.349. The van der Waals surface area contributed by atoms with Crippen molar-refractivity contribution in [2.75, 3.05) is 7.11 Å². The summed E-state index contributed by atoms with van der Waals surface area (Å²) in [7, 11) is 1.56. The van der Waals surface area contributed by atoms with Gasteiger partial charge in [-0.3, -0.25) is 4.79 Å². The van der Waals surface area contributed by atoms with Crippen molar-refractivity contribution in [1.29, 1.82) is 0 Å². The van der Waals surface area contributed by atoms with Crippen molar-refractivity contribution in [3.05, 3.63) is 70.5 Å². The summed E-state index contributed by atoms with van der Waals surface area (Å²) in [6, 6.07) is 17.6. The van der Waals surface area contributed by atoms with Crippen LogP contribution < -0.4 is 9.54 Å². The van der Waals surface area contributed by atoms with Gasteiger partial charge in [0, 0.05) is 0 Å². The Bertz CT molecular complexity index is 1320.